The zero-order valence-electron chi connectivity index (χ0n) is 39.0. The Labute approximate surface area is 406 Å². The maximum absolute atomic E-state index is 14.4. The standard InChI is InChI=1S/C54H62N3O9P3/c1-2-54(42-64-36-33-55-51(58)39-67(61,45-21-9-3-10-22-45)46-23-11-4-12-24-46,43-65-37-34-56-52(59)40-68(62,47-25-13-5-14-26-47)48-27-15-6-16-28-48)44-66-38-35-57-53(60)41-69(63,49-29-17-7-18-30-49)50-31-19-8-20-32-50/h3-32H,2,33-44H2,1H3,(H,55,58)(H,56,59)(H,57,60). The van der Waals surface area contributed by atoms with Crippen molar-refractivity contribution in [3.63, 3.8) is 0 Å². The molecule has 0 radical (unpaired) electrons. The third-order valence-electron chi connectivity index (χ3n) is 11.8. The molecule has 0 aliphatic carbocycles. The fourth-order valence-corrected chi connectivity index (χ4v) is 15.3. The van der Waals surface area contributed by atoms with Crippen molar-refractivity contribution < 1.29 is 42.3 Å². The topological polar surface area (TPSA) is 166 Å². The van der Waals surface area contributed by atoms with Crippen LogP contribution in [0.25, 0.3) is 0 Å². The second-order valence-corrected chi connectivity index (χ2v) is 25.3. The first kappa shape index (κ1) is 52.7. The number of hydrogen-bond donors (Lipinski definition) is 3. The number of carbonyl (C=O) groups excluding carboxylic acids is 3. The third kappa shape index (κ3) is 14.9. The monoisotopic (exact) mass is 989 g/mol. The van der Waals surface area contributed by atoms with Crippen molar-refractivity contribution >= 4 is 71.0 Å². The Morgan fingerprint density at radius 1 is 0.377 bits per heavy atom. The molecule has 0 aliphatic rings. The summed E-state index contributed by atoms with van der Waals surface area (Å²) in [4.78, 5) is 39.9. The predicted molar refractivity (Wildman–Crippen MR) is 278 cm³/mol. The predicted octanol–water partition coefficient (Wildman–Crippen LogP) is 5.82. The molecule has 0 aliphatic heterocycles. The highest BCUT2D eigenvalue weighted by atomic mass is 31.2. The first-order valence-electron chi connectivity index (χ1n) is 23.1. The molecule has 0 atom stereocenters. The highest BCUT2D eigenvalue weighted by Crippen LogP contribution is 2.44. The van der Waals surface area contributed by atoms with Gasteiger partial charge in [0.05, 0.1) is 58.1 Å². The molecule has 6 rings (SSSR count). The van der Waals surface area contributed by atoms with Crippen LogP contribution in [-0.2, 0) is 42.3 Å². The number of benzene rings is 6. The first-order valence-corrected chi connectivity index (χ1v) is 28.8. The highest BCUT2D eigenvalue weighted by Gasteiger charge is 2.34. The third-order valence-corrected chi connectivity index (χ3v) is 20.8. The molecule has 0 fully saturated rings. The maximum Gasteiger partial charge on any atom is 0.228 e. The second kappa shape index (κ2) is 26.3. The van der Waals surface area contributed by atoms with Gasteiger partial charge in [0, 0.05) is 56.9 Å². The largest absolute Gasteiger partial charge is 0.379 e. The van der Waals surface area contributed by atoms with Crippen LogP contribution in [0.3, 0.4) is 0 Å². The lowest BCUT2D eigenvalue weighted by atomic mass is 9.88. The molecule has 0 bridgehead atoms. The van der Waals surface area contributed by atoms with Crippen LogP contribution in [0, 0.1) is 5.41 Å². The molecular weight excluding hydrogens is 928 g/mol. The fourth-order valence-electron chi connectivity index (χ4n) is 7.87. The van der Waals surface area contributed by atoms with Crippen molar-refractivity contribution in [2.24, 2.45) is 5.41 Å². The highest BCUT2D eigenvalue weighted by molar-refractivity contribution is 7.80. The van der Waals surface area contributed by atoms with Crippen molar-refractivity contribution in [2.75, 3.05) is 77.8 Å². The molecule has 3 N–H and O–H groups in total. The Morgan fingerprint density at radius 2 is 0.580 bits per heavy atom. The molecule has 0 spiro atoms. The van der Waals surface area contributed by atoms with Gasteiger partial charge in [0.15, 0.2) is 21.4 Å². The summed E-state index contributed by atoms with van der Waals surface area (Å²) < 4.78 is 61.8. The molecule has 0 heterocycles. The van der Waals surface area contributed by atoms with E-state index in [1.54, 1.807) is 72.8 Å². The van der Waals surface area contributed by atoms with Crippen molar-refractivity contribution in [1.82, 2.24) is 16.0 Å². The molecule has 0 saturated heterocycles. The zero-order chi connectivity index (χ0) is 48.8. The Balaban J connectivity index is 1.03. The molecule has 0 aromatic heterocycles. The van der Waals surface area contributed by atoms with Crippen LogP contribution in [-0.4, -0.2) is 95.5 Å². The molecule has 69 heavy (non-hydrogen) atoms. The van der Waals surface area contributed by atoms with Crippen LogP contribution in [0.5, 0.6) is 0 Å². The minimum Gasteiger partial charge on any atom is -0.379 e. The van der Waals surface area contributed by atoms with E-state index in [1.807, 2.05) is 116 Å². The number of ether oxygens (including phenoxy) is 3. The summed E-state index contributed by atoms with van der Waals surface area (Å²) in [6.45, 7) is 3.57. The smallest absolute Gasteiger partial charge is 0.228 e. The molecule has 0 saturated carbocycles. The van der Waals surface area contributed by atoms with Crippen molar-refractivity contribution in [1.29, 1.82) is 0 Å². The van der Waals surface area contributed by atoms with E-state index in [0.717, 1.165) is 0 Å². The Bertz CT molecular complexity index is 2240. The Kier molecular flexibility index (Phi) is 20.1. The van der Waals surface area contributed by atoms with Crippen molar-refractivity contribution in [2.45, 2.75) is 13.3 Å². The van der Waals surface area contributed by atoms with E-state index in [0.29, 0.717) is 38.2 Å². The molecule has 3 amide bonds. The molecule has 15 heteroatoms. The zero-order valence-corrected chi connectivity index (χ0v) is 41.7. The van der Waals surface area contributed by atoms with E-state index in [9.17, 15) is 28.1 Å². The lowest BCUT2D eigenvalue weighted by Gasteiger charge is -2.32. The lowest BCUT2D eigenvalue weighted by molar-refractivity contribution is -0.119. The van der Waals surface area contributed by atoms with E-state index in [4.69, 9.17) is 14.2 Å². The quantitative estimate of drug-likeness (QED) is 0.0406. The van der Waals surface area contributed by atoms with E-state index in [-0.39, 0.29) is 95.5 Å². The van der Waals surface area contributed by atoms with E-state index < -0.39 is 26.8 Å². The summed E-state index contributed by atoms with van der Waals surface area (Å²) in [7, 11) is -9.78. The Morgan fingerprint density at radius 3 is 0.768 bits per heavy atom. The van der Waals surface area contributed by atoms with Gasteiger partial charge >= 0.3 is 0 Å². The summed E-state index contributed by atoms with van der Waals surface area (Å²) in [5.41, 5.74) is -0.666. The average Bonchev–Trinajstić information content (AvgIpc) is 3.39. The van der Waals surface area contributed by atoms with Gasteiger partial charge in [-0.1, -0.05) is 189 Å². The number of hydrogen-bond acceptors (Lipinski definition) is 9. The van der Waals surface area contributed by atoms with Crippen LogP contribution in [0.4, 0.5) is 0 Å². The SMILES string of the molecule is CCC(COCCNC(=O)CP(=O)(c1ccccc1)c1ccccc1)(COCCNC(=O)CP(=O)(c1ccccc1)c1ccccc1)COCCNC(=O)CP(=O)(c1ccccc1)c1ccccc1. The van der Waals surface area contributed by atoms with Gasteiger partial charge in [-0.05, 0) is 6.42 Å². The first-order chi connectivity index (χ1) is 33.5. The average molecular weight is 990 g/mol. The van der Waals surface area contributed by atoms with Crippen molar-refractivity contribution in [3.05, 3.63) is 182 Å². The molecule has 6 aromatic carbocycles. The summed E-state index contributed by atoms with van der Waals surface area (Å²) in [6, 6.07) is 54.2. The van der Waals surface area contributed by atoms with Gasteiger partial charge < -0.3 is 43.9 Å². The van der Waals surface area contributed by atoms with Crippen LogP contribution in [0.2, 0.25) is 0 Å². The summed E-state index contributed by atoms with van der Waals surface area (Å²) in [5.74, 6) is -1.08. The fraction of sp³-hybridized carbons (Fsp3) is 0.278. The van der Waals surface area contributed by atoms with Crippen LogP contribution in [0.1, 0.15) is 13.3 Å². The number of amides is 3. The minimum absolute atomic E-state index is 0.159. The summed E-state index contributed by atoms with van der Waals surface area (Å²) in [5, 5.41) is 12.3. The van der Waals surface area contributed by atoms with Gasteiger partial charge in [0.1, 0.15) is 0 Å². The summed E-state index contributed by atoms with van der Waals surface area (Å²) in [6.07, 6.45) is -0.00745. The number of nitrogens with one attached hydrogen (secondary N) is 3. The second-order valence-electron chi connectivity index (χ2n) is 16.8. The number of carbonyl (C=O) groups is 3. The normalized spacial score (nSPS) is 12.0. The van der Waals surface area contributed by atoms with Gasteiger partial charge in [0.2, 0.25) is 17.7 Å². The summed E-state index contributed by atoms with van der Waals surface area (Å²) >= 11 is 0. The molecule has 6 aromatic rings. The van der Waals surface area contributed by atoms with Crippen LogP contribution < -0.4 is 47.8 Å². The van der Waals surface area contributed by atoms with Gasteiger partial charge in [-0.25, -0.2) is 0 Å². The molecule has 12 nitrogen and oxygen atoms in total. The lowest BCUT2D eigenvalue weighted by Crippen LogP contribution is -2.40. The van der Waals surface area contributed by atoms with E-state index in [1.165, 1.54) is 0 Å². The van der Waals surface area contributed by atoms with E-state index in [2.05, 4.69) is 16.0 Å². The van der Waals surface area contributed by atoms with Gasteiger partial charge in [-0.3, -0.25) is 14.4 Å². The van der Waals surface area contributed by atoms with Gasteiger partial charge in [0.25, 0.3) is 0 Å². The maximum atomic E-state index is 14.4. The Hall–Kier alpha value is -5.70. The van der Waals surface area contributed by atoms with Gasteiger partial charge in [-0.2, -0.15) is 0 Å². The van der Waals surface area contributed by atoms with E-state index >= 15 is 0 Å². The van der Waals surface area contributed by atoms with Crippen molar-refractivity contribution in [3.8, 4) is 0 Å². The minimum atomic E-state index is -3.26. The van der Waals surface area contributed by atoms with Crippen LogP contribution >= 0.6 is 21.4 Å². The molecular formula is C54H62N3O9P3. The number of rotatable bonds is 28. The molecule has 362 valence electrons. The molecule has 0 unspecified atom stereocenters. The van der Waals surface area contributed by atoms with Gasteiger partial charge in [-0.15, -0.1) is 0 Å². The van der Waals surface area contributed by atoms with Crippen LogP contribution in [0.15, 0.2) is 182 Å².